The predicted molar refractivity (Wildman–Crippen MR) is 81.2 cm³/mol. The van der Waals surface area contributed by atoms with E-state index in [-0.39, 0.29) is 5.82 Å². The quantitative estimate of drug-likeness (QED) is 0.815. The number of hydrogen-bond donors (Lipinski definition) is 1. The van der Waals surface area contributed by atoms with Gasteiger partial charge in [0.1, 0.15) is 5.82 Å². The maximum atomic E-state index is 13.4. The highest BCUT2D eigenvalue weighted by atomic mass is 19.1. The Kier molecular flexibility index (Phi) is 4.72. The van der Waals surface area contributed by atoms with Crippen molar-refractivity contribution in [2.75, 3.05) is 6.54 Å². The van der Waals surface area contributed by atoms with E-state index >= 15 is 0 Å². The van der Waals surface area contributed by atoms with E-state index in [2.05, 4.69) is 11.4 Å². The molecule has 20 heavy (non-hydrogen) atoms. The Hall–Kier alpha value is -0.890. The van der Waals surface area contributed by atoms with Gasteiger partial charge >= 0.3 is 0 Å². The van der Waals surface area contributed by atoms with Gasteiger partial charge in [0, 0.05) is 6.04 Å². The zero-order valence-electron chi connectivity index (χ0n) is 12.3. The predicted octanol–water partition coefficient (Wildman–Crippen LogP) is 4.32. The lowest BCUT2D eigenvalue weighted by molar-refractivity contribution is 0.239. The van der Waals surface area contributed by atoms with Crippen LogP contribution in [0.3, 0.4) is 0 Å². The summed E-state index contributed by atoms with van der Waals surface area (Å²) in [6, 6.07) is 7.95. The SMILES string of the molecule is Fc1cccc(CC(CNC2CC2)C2CCCCC2)c1. The van der Waals surface area contributed by atoms with Crippen molar-refractivity contribution in [3.05, 3.63) is 35.6 Å². The summed E-state index contributed by atoms with van der Waals surface area (Å²) in [6.45, 7) is 1.12. The van der Waals surface area contributed by atoms with Crippen molar-refractivity contribution in [3.63, 3.8) is 0 Å². The van der Waals surface area contributed by atoms with Gasteiger partial charge in [-0.15, -0.1) is 0 Å². The van der Waals surface area contributed by atoms with Crippen LogP contribution >= 0.6 is 0 Å². The molecule has 0 radical (unpaired) electrons. The van der Waals surface area contributed by atoms with E-state index in [1.165, 1.54) is 44.9 Å². The van der Waals surface area contributed by atoms with Gasteiger partial charge in [-0.1, -0.05) is 44.2 Å². The van der Waals surface area contributed by atoms with Crippen LogP contribution in [0.5, 0.6) is 0 Å². The third kappa shape index (κ3) is 4.05. The molecule has 2 heteroatoms. The van der Waals surface area contributed by atoms with Gasteiger partial charge in [-0.05, 0) is 55.3 Å². The van der Waals surface area contributed by atoms with Crippen molar-refractivity contribution >= 4 is 0 Å². The third-order valence-corrected chi connectivity index (χ3v) is 4.95. The molecule has 1 N–H and O–H groups in total. The smallest absolute Gasteiger partial charge is 0.123 e. The standard InChI is InChI=1S/C18H26FN/c19-17-8-4-5-14(12-17)11-16(13-20-18-9-10-18)15-6-2-1-3-7-15/h4-5,8,12,15-16,18,20H,1-3,6-7,9-11,13H2. The van der Waals surface area contributed by atoms with Gasteiger partial charge in [0.15, 0.2) is 0 Å². The summed E-state index contributed by atoms with van der Waals surface area (Å²) < 4.78 is 13.4. The summed E-state index contributed by atoms with van der Waals surface area (Å²) in [6.07, 6.45) is 10.6. The minimum absolute atomic E-state index is 0.0972. The van der Waals surface area contributed by atoms with Gasteiger partial charge in [-0.25, -0.2) is 4.39 Å². The van der Waals surface area contributed by atoms with Crippen LogP contribution in [0.25, 0.3) is 0 Å². The molecule has 3 rings (SSSR count). The molecule has 0 aromatic heterocycles. The highest BCUT2D eigenvalue weighted by Gasteiger charge is 2.27. The Labute approximate surface area is 122 Å². The molecule has 2 saturated carbocycles. The molecule has 2 fully saturated rings. The number of benzene rings is 1. The molecular formula is C18H26FN. The number of rotatable bonds is 6. The maximum Gasteiger partial charge on any atom is 0.123 e. The highest BCUT2D eigenvalue weighted by Crippen LogP contribution is 2.32. The topological polar surface area (TPSA) is 12.0 Å². The number of nitrogens with one attached hydrogen (secondary N) is 1. The van der Waals surface area contributed by atoms with E-state index in [1.54, 1.807) is 12.1 Å². The summed E-state index contributed by atoms with van der Waals surface area (Å²) in [5.41, 5.74) is 1.16. The molecule has 0 aliphatic heterocycles. The van der Waals surface area contributed by atoms with E-state index in [0.29, 0.717) is 5.92 Å². The molecule has 0 spiro atoms. The second-order valence-electron chi connectivity index (χ2n) is 6.67. The van der Waals surface area contributed by atoms with Gasteiger partial charge in [-0.3, -0.25) is 0 Å². The Bertz CT molecular complexity index is 421. The van der Waals surface area contributed by atoms with Crippen molar-refractivity contribution in [1.29, 1.82) is 0 Å². The van der Waals surface area contributed by atoms with Crippen molar-refractivity contribution in [2.45, 2.75) is 57.4 Å². The first-order chi connectivity index (χ1) is 9.81. The fourth-order valence-corrected chi connectivity index (χ4v) is 3.58. The summed E-state index contributed by atoms with van der Waals surface area (Å²) in [4.78, 5) is 0. The van der Waals surface area contributed by atoms with Crippen molar-refractivity contribution in [2.24, 2.45) is 11.8 Å². The van der Waals surface area contributed by atoms with E-state index in [9.17, 15) is 4.39 Å². The van der Waals surface area contributed by atoms with Crippen LogP contribution in [0.4, 0.5) is 4.39 Å². The van der Waals surface area contributed by atoms with E-state index in [4.69, 9.17) is 0 Å². The Morgan fingerprint density at radius 1 is 1.10 bits per heavy atom. The lowest BCUT2D eigenvalue weighted by Crippen LogP contribution is -2.32. The van der Waals surface area contributed by atoms with E-state index < -0.39 is 0 Å². The van der Waals surface area contributed by atoms with Gasteiger partial charge in [-0.2, -0.15) is 0 Å². The first-order valence-corrected chi connectivity index (χ1v) is 8.29. The molecule has 1 aromatic rings. The van der Waals surface area contributed by atoms with Crippen molar-refractivity contribution in [3.8, 4) is 0 Å². The van der Waals surface area contributed by atoms with Crippen LogP contribution in [-0.2, 0) is 6.42 Å². The second-order valence-corrected chi connectivity index (χ2v) is 6.67. The third-order valence-electron chi connectivity index (χ3n) is 4.95. The summed E-state index contributed by atoms with van der Waals surface area (Å²) in [5, 5.41) is 3.70. The molecule has 0 bridgehead atoms. The Morgan fingerprint density at radius 2 is 1.90 bits per heavy atom. The summed E-state index contributed by atoms with van der Waals surface area (Å²) in [5.74, 6) is 1.41. The molecule has 0 heterocycles. The Morgan fingerprint density at radius 3 is 2.60 bits per heavy atom. The molecule has 1 nitrogen and oxygen atoms in total. The van der Waals surface area contributed by atoms with Gasteiger partial charge in [0.2, 0.25) is 0 Å². The van der Waals surface area contributed by atoms with Crippen LogP contribution in [-0.4, -0.2) is 12.6 Å². The monoisotopic (exact) mass is 275 g/mol. The molecule has 1 atom stereocenters. The lowest BCUT2D eigenvalue weighted by atomic mass is 9.77. The highest BCUT2D eigenvalue weighted by molar-refractivity contribution is 5.17. The number of halogens is 1. The van der Waals surface area contributed by atoms with Crippen LogP contribution in [0, 0.1) is 17.7 Å². The largest absolute Gasteiger partial charge is 0.314 e. The van der Waals surface area contributed by atoms with Crippen LogP contribution in [0.2, 0.25) is 0 Å². The second kappa shape index (κ2) is 6.71. The van der Waals surface area contributed by atoms with Crippen LogP contribution in [0.15, 0.2) is 24.3 Å². The molecule has 0 saturated heterocycles. The minimum atomic E-state index is -0.0972. The van der Waals surface area contributed by atoms with Crippen molar-refractivity contribution < 1.29 is 4.39 Å². The molecule has 1 aromatic carbocycles. The molecule has 0 amide bonds. The van der Waals surface area contributed by atoms with Crippen LogP contribution < -0.4 is 5.32 Å². The van der Waals surface area contributed by atoms with E-state index in [1.807, 2.05) is 6.07 Å². The minimum Gasteiger partial charge on any atom is -0.314 e. The average molecular weight is 275 g/mol. The lowest BCUT2D eigenvalue weighted by Gasteiger charge is -2.31. The fraction of sp³-hybridized carbons (Fsp3) is 0.667. The van der Waals surface area contributed by atoms with Gasteiger partial charge in [0.05, 0.1) is 0 Å². The van der Waals surface area contributed by atoms with Gasteiger partial charge in [0.25, 0.3) is 0 Å². The number of hydrogen-bond acceptors (Lipinski definition) is 1. The molecule has 2 aliphatic rings. The zero-order chi connectivity index (χ0) is 13.8. The summed E-state index contributed by atoms with van der Waals surface area (Å²) >= 11 is 0. The Balaban J connectivity index is 1.63. The van der Waals surface area contributed by atoms with E-state index in [0.717, 1.165) is 30.5 Å². The average Bonchev–Trinajstić information content (AvgIpc) is 3.29. The first kappa shape index (κ1) is 14.1. The van der Waals surface area contributed by atoms with Crippen LogP contribution in [0.1, 0.15) is 50.5 Å². The zero-order valence-corrected chi connectivity index (χ0v) is 12.3. The first-order valence-electron chi connectivity index (χ1n) is 8.29. The molecule has 2 aliphatic carbocycles. The molecular weight excluding hydrogens is 249 g/mol. The summed E-state index contributed by atoms with van der Waals surface area (Å²) in [7, 11) is 0. The van der Waals surface area contributed by atoms with Crippen molar-refractivity contribution in [1.82, 2.24) is 5.32 Å². The normalized spacial score (nSPS) is 21.9. The molecule has 1 unspecified atom stereocenters. The molecule has 110 valence electrons. The van der Waals surface area contributed by atoms with Gasteiger partial charge < -0.3 is 5.32 Å². The fourth-order valence-electron chi connectivity index (χ4n) is 3.58. The maximum absolute atomic E-state index is 13.4.